The first-order valence-corrected chi connectivity index (χ1v) is 6.32. The molecule has 0 saturated carbocycles. The highest BCUT2D eigenvalue weighted by atomic mass is 16.2. The normalized spacial score (nSPS) is 13.2. The molecule has 4 heteroatoms. The van der Waals surface area contributed by atoms with Crippen LogP contribution in [0.25, 0.3) is 0 Å². The molecule has 0 aromatic carbocycles. The minimum atomic E-state index is -0.0875. The number of rotatable bonds is 8. The number of amides is 1. The Morgan fingerprint density at radius 3 is 2.25 bits per heavy atom. The molecule has 0 aromatic rings. The van der Waals surface area contributed by atoms with Crippen LogP contribution in [0.5, 0.6) is 0 Å². The van der Waals surface area contributed by atoms with Gasteiger partial charge in [0.2, 0.25) is 5.91 Å². The second-order valence-electron chi connectivity index (χ2n) is 4.39. The van der Waals surface area contributed by atoms with Gasteiger partial charge in [0.15, 0.2) is 0 Å². The number of nitrogens with one attached hydrogen (secondary N) is 1. The summed E-state index contributed by atoms with van der Waals surface area (Å²) in [5.74, 6) is 5.74. The zero-order valence-corrected chi connectivity index (χ0v) is 11.1. The summed E-state index contributed by atoms with van der Waals surface area (Å²) in [5, 5.41) is 0. The Balaban J connectivity index is 4.19. The van der Waals surface area contributed by atoms with Gasteiger partial charge in [0.05, 0.1) is 0 Å². The maximum absolute atomic E-state index is 11.2. The summed E-state index contributed by atoms with van der Waals surface area (Å²) < 4.78 is 0. The van der Waals surface area contributed by atoms with Crippen LogP contribution >= 0.6 is 0 Å². The van der Waals surface area contributed by atoms with Crippen LogP contribution in [0, 0.1) is 5.92 Å². The van der Waals surface area contributed by atoms with Gasteiger partial charge < -0.3 is 4.90 Å². The molecule has 0 spiro atoms. The van der Waals surface area contributed by atoms with Gasteiger partial charge in [-0.05, 0) is 19.4 Å². The minimum absolute atomic E-state index is 0.0875. The summed E-state index contributed by atoms with van der Waals surface area (Å²) in [6.07, 6.45) is 2.87. The van der Waals surface area contributed by atoms with Gasteiger partial charge in [-0.1, -0.05) is 33.6 Å². The largest absolute Gasteiger partial charge is 0.300 e. The third-order valence-electron chi connectivity index (χ3n) is 3.32. The first kappa shape index (κ1) is 15.4. The van der Waals surface area contributed by atoms with Gasteiger partial charge in [-0.15, -0.1) is 0 Å². The fraction of sp³-hybridized carbons (Fsp3) is 0.917. The molecule has 1 unspecified atom stereocenters. The smallest absolute Gasteiger partial charge is 0.235 e. The molecule has 0 heterocycles. The lowest BCUT2D eigenvalue weighted by Crippen LogP contribution is -2.41. The summed E-state index contributed by atoms with van der Waals surface area (Å²) in [6, 6.07) is 0.258. The van der Waals surface area contributed by atoms with E-state index >= 15 is 0 Å². The first-order chi connectivity index (χ1) is 7.58. The fourth-order valence-electron chi connectivity index (χ4n) is 1.96. The maximum Gasteiger partial charge on any atom is 0.235 e. The highest BCUT2D eigenvalue weighted by Crippen LogP contribution is 2.13. The highest BCUT2D eigenvalue weighted by molar-refractivity contribution is 5.75. The van der Waals surface area contributed by atoms with E-state index in [0.29, 0.717) is 6.42 Å². The van der Waals surface area contributed by atoms with E-state index in [1.807, 2.05) is 0 Å². The molecular weight excluding hydrogens is 202 g/mol. The second kappa shape index (κ2) is 8.53. The van der Waals surface area contributed by atoms with Gasteiger partial charge in [-0.2, -0.15) is 0 Å². The number of hydrazine groups is 1. The molecule has 0 bridgehead atoms. The van der Waals surface area contributed by atoms with Gasteiger partial charge in [-0.25, -0.2) is 5.84 Å². The van der Waals surface area contributed by atoms with E-state index in [2.05, 4.69) is 38.0 Å². The predicted molar refractivity (Wildman–Crippen MR) is 67.7 cm³/mol. The molecule has 96 valence electrons. The number of nitrogens with zero attached hydrogens (tertiary/aromatic N) is 1. The average Bonchev–Trinajstić information content (AvgIpc) is 2.30. The Labute approximate surface area is 99.5 Å². The monoisotopic (exact) mass is 229 g/mol. The quantitative estimate of drug-likeness (QED) is 0.377. The zero-order chi connectivity index (χ0) is 12.6. The Hall–Kier alpha value is -0.610. The van der Waals surface area contributed by atoms with Crippen LogP contribution in [0.3, 0.4) is 0 Å². The molecule has 0 aromatic heterocycles. The second-order valence-corrected chi connectivity index (χ2v) is 4.39. The van der Waals surface area contributed by atoms with Crippen molar-refractivity contribution in [1.29, 1.82) is 0 Å². The van der Waals surface area contributed by atoms with Crippen LogP contribution in [-0.2, 0) is 4.79 Å². The van der Waals surface area contributed by atoms with Crippen LogP contribution < -0.4 is 11.3 Å². The van der Waals surface area contributed by atoms with Crippen LogP contribution in [-0.4, -0.2) is 29.9 Å². The fourth-order valence-corrected chi connectivity index (χ4v) is 1.96. The van der Waals surface area contributed by atoms with Crippen molar-refractivity contribution in [3.63, 3.8) is 0 Å². The van der Waals surface area contributed by atoms with Gasteiger partial charge in [0, 0.05) is 19.0 Å². The summed E-state index contributed by atoms with van der Waals surface area (Å²) >= 11 is 0. The topological polar surface area (TPSA) is 58.4 Å². The molecular formula is C12H27N3O. The summed E-state index contributed by atoms with van der Waals surface area (Å²) in [5.41, 5.74) is 2.19. The summed E-state index contributed by atoms with van der Waals surface area (Å²) in [4.78, 5) is 13.6. The molecule has 3 N–H and O–H groups in total. The molecule has 0 aliphatic rings. The lowest BCUT2D eigenvalue weighted by Gasteiger charge is -2.30. The third-order valence-corrected chi connectivity index (χ3v) is 3.32. The molecule has 0 rings (SSSR count). The summed E-state index contributed by atoms with van der Waals surface area (Å²) in [7, 11) is 0. The van der Waals surface area contributed by atoms with Crippen molar-refractivity contribution in [2.24, 2.45) is 11.8 Å². The van der Waals surface area contributed by atoms with Crippen molar-refractivity contribution in [3.05, 3.63) is 0 Å². The van der Waals surface area contributed by atoms with Crippen molar-refractivity contribution in [1.82, 2.24) is 10.3 Å². The van der Waals surface area contributed by atoms with Crippen molar-refractivity contribution in [2.75, 3.05) is 13.1 Å². The molecule has 1 amide bonds. The SMILES string of the molecule is CCC(CC)CN(CC)C(C)CC(=O)NN. The molecule has 0 radical (unpaired) electrons. The molecule has 1 atom stereocenters. The van der Waals surface area contributed by atoms with Crippen molar-refractivity contribution in [2.45, 2.75) is 53.0 Å². The van der Waals surface area contributed by atoms with Gasteiger partial charge >= 0.3 is 0 Å². The Morgan fingerprint density at radius 1 is 1.31 bits per heavy atom. The van der Waals surface area contributed by atoms with E-state index in [0.717, 1.165) is 19.0 Å². The molecule has 4 nitrogen and oxygen atoms in total. The highest BCUT2D eigenvalue weighted by Gasteiger charge is 2.17. The third kappa shape index (κ3) is 5.47. The van der Waals surface area contributed by atoms with Crippen molar-refractivity contribution < 1.29 is 4.79 Å². The Bertz CT molecular complexity index is 193. The number of nitrogens with two attached hydrogens (primary N) is 1. The number of hydrogen-bond acceptors (Lipinski definition) is 3. The van der Waals surface area contributed by atoms with E-state index in [1.165, 1.54) is 12.8 Å². The standard InChI is InChI=1S/C12H27N3O/c1-5-11(6-2)9-15(7-3)10(4)8-12(16)14-13/h10-11H,5-9,13H2,1-4H3,(H,14,16). The van der Waals surface area contributed by atoms with Gasteiger partial charge in [0.25, 0.3) is 0 Å². The molecule has 16 heavy (non-hydrogen) atoms. The average molecular weight is 229 g/mol. The van der Waals surface area contributed by atoms with Crippen LogP contribution in [0.1, 0.15) is 47.0 Å². The summed E-state index contributed by atoms with van der Waals surface area (Å²) in [6.45, 7) is 10.7. The zero-order valence-electron chi connectivity index (χ0n) is 11.1. The number of hydrogen-bond donors (Lipinski definition) is 2. The molecule has 0 fully saturated rings. The van der Waals surface area contributed by atoms with Crippen LogP contribution in [0.4, 0.5) is 0 Å². The van der Waals surface area contributed by atoms with Crippen molar-refractivity contribution >= 4 is 5.91 Å². The van der Waals surface area contributed by atoms with E-state index in [-0.39, 0.29) is 11.9 Å². The van der Waals surface area contributed by atoms with Crippen LogP contribution in [0.15, 0.2) is 0 Å². The van der Waals surface area contributed by atoms with Crippen LogP contribution in [0.2, 0.25) is 0 Å². The van der Waals surface area contributed by atoms with Crippen molar-refractivity contribution in [3.8, 4) is 0 Å². The number of carbonyl (C=O) groups excluding carboxylic acids is 1. The lowest BCUT2D eigenvalue weighted by molar-refractivity contribution is -0.122. The van der Waals surface area contributed by atoms with E-state index in [4.69, 9.17) is 5.84 Å². The predicted octanol–water partition coefficient (Wildman–Crippen LogP) is 1.51. The van der Waals surface area contributed by atoms with Gasteiger partial charge in [0.1, 0.15) is 0 Å². The lowest BCUT2D eigenvalue weighted by atomic mass is 10.0. The van der Waals surface area contributed by atoms with E-state index in [1.54, 1.807) is 0 Å². The van der Waals surface area contributed by atoms with Gasteiger partial charge in [-0.3, -0.25) is 10.2 Å². The first-order valence-electron chi connectivity index (χ1n) is 6.32. The molecule has 0 aliphatic heterocycles. The minimum Gasteiger partial charge on any atom is -0.300 e. The Morgan fingerprint density at radius 2 is 1.88 bits per heavy atom. The Kier molecular flexibility index (Phi) is 8.21. The number of carbonyl (C=O) groups is 1. The molecule has 0 saturated heterocycles. The van der Waals surface area contributed by atoms with E-state index in [9.17, 15) is 4.79 Å². The van der Waals surface area contributed by atoms with E-state index < -0.39 is 0 Å². The maximum atomic E-state index is 11.2. The molecule has 0 aliphatic carbocycles.